The van der Waals surface area contributed by atoms with E-state index in [0.29, 0.717) is 11.7 Å². The minimum atomic E-state index is 0.230. The number of benzene rings is 1. The lowest BCUT2D eigenvalue weighted by atomic mass is 10.2. The number of rotatable bonds is 3. The minimum Gasteiger partial charge on any atom is -0.378 e. The molecule has 0 amide bonds. The van der Waals surface area contributed by atoms with E-state index in [1.165, 1.54) is 0 Å². The molecule has 1 saturated heterocycles. The van der Waals surface area contributed by atoms with Crippen molar-refractivity contribution in [3.63, 3.8) is 0 Å². The van der Waals surface area contributed by atoms with E-state index in [1.807, 2.05) is 25.1 Å². The van der Waals surface area contributed by atoms with Crippen LogP contribution < -0.4 is 0 Å². The Morgan fingerprint density at radius 2 is 2.29 bits per heavy atom. The number of hydrogen-bond donors (Lipinski definition) is 1. The molecule has 1 N–H and O–H groups in total. The first-order chi connectivity index (χ1) is 10.3. The van der Waals surface area contributed by atoms with Crippen LogP contribution in [0.25, 0.3) is 22.5 Å². The van der Waals surface area contributed by atoms with E-state index in [-0.39, 0.29) is 6.10 Å². The molecule has 1 fully saturated rings. The maximum absolute atomic E-state index is 5.60. The summed E-state index contributed by atoms with van der Waals surface area (Å²) >= 11 is 0. The van der Waals surface area contributed by atoms with E-state index in [4.69, 9.17) is 9.26 Å². The minimum absolute atomic E-state index is 0.230. The Bertz CT molecular complexity index is 771. The topological polar surface area (TPSA) is 76.8 Å². The van der Waals surface area contributed by atoms with E-state index in [9.17, 15) is 0 Å². The summed E-state index contributed by atoms with van der Waals surface area (Å²) in [5.74, 6) is 2.14. The maximum Gasteiger partial charge on any atom is 0.257 e. The summed E-state index contributed by atoms with van der Waals surface area (Å²) in [6, 6.07) is 5.89. The summed E-state index contributed by atoms with van der Waals surface area (Å²) in [6.07, 6.45) is 3.14. The second-order valence-corrected chi connectivity index (χ2v) is 5.41. The fourth-order valence-corrected chi connectivity index (χ4v) is 2.73. The van der Waals surface area contributed by atoms with Crippen LogP contribution in [0.15, 0.2) is 22.7 Å². The van der Waals surface area contributed by atoms with Crippen molar-refractivity contribution in [2.75, 3.05) is 6.61 Å². The van der Waals surface area contributed by atoms with Crippen molar-refractivity contribution >= 4 is 11.0 Å². The molecule has 21 heavy (non-hydrogen) atoms. The summed E-state index contributed by atoms with van der Waals surface area (Å²) in [5.41, 5.74) is 2.82. The molecule has 3 aromatic rings. The predicted molar refractivity (Wildman–Crippen MR) is 76.8 cm³/mol. The standard InChI is InChI=1S/C15H16N4O2/c1-9-16-12-5-4-10(7-13(12)17-9)15-18-14(19-21-15)8-11-3-2-6-20-11/h4-5,7,11H,2-3,6,8H2,1H3,(H,16,17). The summed E-state index contributed by atoms with van der Waals surface area (Å²) in [4.78, 5) is 12.1. The molecule has 6 nitrogen and oxygen atoms in total. The van der Waals surface area contributed by atoms with Crippen molar-refractivity contribution < 1.29 is 9.26 Å². The summed E-state index contributed by atoms with van der Waals surface area (Å²) in [5, 5.41) is 4.05. The average Bonchev–Trinajstić information content (AvgIpc) is 3.18. The number of aromatic nitrogens is 4. The highest BCUT2D eigenvalue weighted by atomic mass is 16.5. The molecule has 2 aromatic heterocycles. The van der Waals surface area contributed by atoms with Gasteiger partial charge in [-0.25, -0.2) is 4.98 Å². The second kappa shape index (κ2) is 4.96. The fourth-order valence-electron chi connectivity index (χ4n) is 2.73. The Morgan fingerprint density at radius 1 is 1.33 bits per heavy atom. The lowest BCUT2D eigenvalue weighted by Gasteiger charge is -2.03. The van der Waals surface area contributed by atoms with Crippen molar-refractivity contribution in [1.29, 1.82) is 0 Å². The molecule has 1 aromatic carbocycles. The van der Waals surface area contributed by atoms with Crippen molar-refractivity contribution in [2.24, 2.45) is 0 Å². The fraction of sp³-hybridized carbons (Fsp3) is 0.400. The second-order valence-electron chi connectivity index (χ2n) is 5.41. The zero-order chi connectivity index (χ0) is 14.2. The third-order valence-electron chi connectivity index (χ3n) is 3.75. The number of nitrogens with one attached hydrogen (secondary N) is 1. The van der Waals surface area contributed by atoms with Gasteiger partial charge in [0.15, 0.2) is 5.82 Å². The number of aromatic amines is 1. The Kier molecular flexibility index (Phi) is 2.96. The lowest BCUT2D eigenvalue weighted by molar-refractivity contribution is 0.109. The van der Waals surface area contributed by atoms with E-state index in [0.717, 1.165) is 48.3 Å². The van der Waals surface area contributed by atoms with Gasteiger partial charge in [0, 0.05) is 18.6 Å². The van der Waals surface area contributed by atoms with Gasteiger partial charge in [-0.3, -0.25) is 0 Å². The zero-order valence-electron chi connectivity index (χ0n) is 11.8. The molecule has 0 saturated carbocycles. The molecule has 4 rings (SSSR count). The number of imidazole rings is 1. The molecule has 108 valence electrons. The van der Waals surface area contributed by atoms with E-state index in [1.54, 1.807) is 0 Å². The van der Waals surface area contributed by atoms with E-state index >= 15 is 0 Å². The van der Waals surface area contributed by atoms with Gasteiger partial charge in [0.2, 0.25) is 0 Å². The zero-order valence-corrected chi connectivity index (χ0v) is 11.8. The molecule has 3 heterocycles. The molecule has 1 unspecified atom stereocenters. The van der Waals surface area contributed by atoms with Crippen LogP contribution in [-0.2, 0) is 11.2 Å². The van der Waals surface area contributed by atoms with E-state index in [2.05, 4.69) is 20.1 Å². The Labute approximate surface area is 121 Å². The maximum atomic E-state index is 5.60. The SMILES string of the molecule is Cc1nc2ccc(-c3nc(CC4CCCO4)no3)cc2[nH]1. The number of nitrogens with zero attached hydrogens (tertiary/aromatic N) is 3. The molecular weight excluding hydrogens is 268 g/mol. The smallest absolute Gasteiger partial charge is 0.257 e. The van der Waals surface area contributed by atoms with Gasteiger partial charge in [0.05, 0.1) is 17.1 Å². The van der Waals surface area contributed by atoms with Crippen LogP contribution in [0, 0.1) is 6.92 Å². The average molecular weight is 284 g/mol. The van der Waals surface area contributed by atoms with Crippen LogP contribution in [0.2, 0.25) is 0 Å². The van der Waals surface area contributed by atoms with Gasteiger partial charge in [0.1, 0.15) is 5.82 Å². The summed E-state index contributed by atoms with van der Waals surface area (Å²) in [6.45, 7) is 2.78. The Morgan fingerprint density at radius 3 is 3.14 bits per heavy atom. The number of hydrogen-bond acceptors (Lipinski definition) is 5. The van der Waals surface area contributed by atoms with Crippen LogP contribution in [-0.4, -0.2) is 32.8 Å². The van der Waals surface area contributed by atoms with Crippen molar-refractivity contribution in [3.8, 4) is 11.5 Å². The monoisotopic (exact) mass is 284 g/mol. The number of ether oxygens (including phenoxy) is 1. The molecule has 0 spiro atoms. The first-order valence-electron chi connectivity index (χ1n) is 7.19. The molecule has 0 bridgehead atoms. The molecule has 1 aliphatic rings. The predicted octanol–water partition coefficient (Wildman–Crippen LogP) is 2.64. The van der Waals surface area contributed by atoms with Crippen molar-refractivity contribution in [1.82, 2.24) is 20.1 Å². The van der Waals surface area contributed by atoms with Crippen LogP contribution >= 0.6 is 0 Å². The molecule has 1 atom stereocenters. The lowest BCUT2D eigenvalue weighted by Crippen LogP contribution is -2.09. The van der Waals surface area contributed by atoms with Gasteiger partial charge in [0.25, 0.3) is 5.89 Å². The van der Waals surface area contributed by atoms with E-state index < -0.39 is 0 Å². The van der Waals surface area contributed by atoms with Gasteiger partial charge in [-0.05, 0) is 38.0 Å². The quantitative estimate of drug-likeness (QED) is 0.800. The molecule has 6 heteroatoms. The largest absolute Gasteiger partial charge is 0.378 e. The van der Waals surface area contributed by atoms with Gasteiger partial charge in [-0.2, -0.15) is 4.98 Å². The molecule has 1 aliphatic heterocycles. The van der Waals surface area contributed by atoms with Crippen molar-refractivity contribution in [3.05, 3.63) is 29.8 Å². The van der Waals surface area contributed by atoms with Gasteiger partial charge in [-0.15, -0.1) is 0 Å². The molecular formula is C15H16N4O2. The number of H-pyrrole nitrogens is 1. The first kappa shape index (κ1) is 12.5. The highest BCUT2D eigenvalue weighted by Crippen LogP contribution is 2.23. The third kappa shape index (κ3) is 2.42. The Balaban J connectivity index is 1.60. The van der Waals surface area contributed by atoms with Crippen LogP contribution in [0.1, 0.15) is 24.5 Å². The van der Waals surface area contributed by atoms with Gasteiger partial charge < -0.3 is 14.2 Å². The summed E-state index contributed by atoms with van der Waals surface area (Å²) in [7, 11) is 0. The van der Waals surface area contributed by atoms with Crippen molar-refractivity contribution in [2.45, 2.75) is 32.3 Å². The number of fused-ring (bicyclic) bond motifs is 1. The highest BCUT2D eigenvalue weighted by Gasteiger charge is 2.19. The van der Waals surface area contributed by atoms with Crippen LogP contribution in [0.5, 0.6) is 0 Å². The van der Waals surface area contributed by atoms with Crippen LogP contribution in [0.4, 0.5) is 0 Å². The normalized spacial score (nSPS) is 18.6. The van der Waals surface area contributed by atoms with Gasteiger partial charge >= 0.3 is 0 Å². The van der Waals surface area contributed by atoms with Crippen LogP contribution in [0.3, 0.4) is 0 Å². The molecule has 0 aliphatic carbocycles. The summed E-state index contributed by atoms with van der Waals surface area (Å²) < 4.78 is 11.0. The third-order valence-corrected chi connectivity index (χ3v) is 3.75. The Hall–Kier alpha value is -2.21. The molecule has 0 radical (unpaired) electrons. The first-order valence-corrected chi connectivity index (χ1v) is 7.19. The van der Waals surface area contributed by atoms with Gasteiger partial charge in [-0.1, -0.05) is 5.16 Å². The number of aryl methyl sites for hydroxylation is 1. The highest BCUT2D eigenvalue weighted by molar-refractivity contribution is 5.80.